The van der Waals surface area contributed by atoms with E-state index in [1.807, 2.05) is 0 Å². The van der Waals surface area contributed by atoms with Crippen molar-refractivity contribution in [3.05, 3.63) is 24.3 Å². The molecule has 19 heteroatoms. The molecule has 3 aliphatic heterocycles. The van der Waals surface area contributed by atoms with Crippen molar-refractivity contribution < 1.29 is 89.4 Å². The van der Waals surface area contributed by atoms with E-state index in [-0.39, 0.29) is 18.9 Å². The van der Waals surface area contributed by atoms with E-state index in [9.17, 15) is 61.0 Å². The molecule has 0 saturated carbocycles. The third-order valence-electron chi connectivity index (χ3n) is 16.5. The summed E-state index contributed by atoms with van der Waals surface area (Å²) in [5, 5.41) is 120. The number of aliphatic hydroxyl groups excluding tert-OH is 11. The first-order valence-electron chi connectivity index (χ1n) is 32.6. The highest BCUT2D eigenvalue weighted by Gasteiger charge is 2.53. The van der Waals surface area contributed by atoms with Crippen molar-refractivity contribution >= 4 is 5.91 Å². The second-order valence-electron chi connectivity index (χ2n) is 23.6. The summed E-state index contributed by atoms with van der Waals surface area (Å²) in [6, 6.07) is -0.893. The van der Waals surface area contributed by atoms with Gasteiger partial charge in [-0.05, 0) is 38.5 Å². The van der Waals surface area contributed by atoms with Gasteiger partial charge in [0.2, 0.25) is 5.91 Å². The lowest BCUT2D eigenvalue weighted by atomic mass is 9.96. The van der Waals surface area contributed by atoms with E-state index >= 15 is 0 Å². The molecule has 1 amide bonds. The topological polar surface area (TPSA) is 307 Å². The minimum atomic E-state index is -1.97. The molecule has 12 N–H and O–H groups in total. The molecule has 19 nitrogen and oxygen atoms in total. The number of ether oxygens (including phenoxy) is 6. The maximum absolute atomic E-state index is 13.3. The lowest BCUT2D eigenvalue weighted by Crippen LogP contribution is -2.66. The average Bonchev–Trinajstić information content (AvgIpc) is 3.21. The van der Waals surface area contributed by atoms with Gasteiger partial charge in [0.05, 0.1) is 38.6 Å². The van der Waals surface area contributed by atoms with Crippen molar-refractivity contribution in [3.8, 4) is 0 Å². The van der Waals surface area contributed by atoms with E-state index in [4.69, 9.17) is 28.4 Å². The highest BCUT2D eigenvalue weighted by atomic mass is 16.8. The Hall–Kier alpha value is -1.73. The fraction of sp³-hybridized carbons (Fsp3) is 0.921. The van der Waals surface area contributed by atoms with Gasteiger partial charge in [-0.3, -0.25) is 4.79 Å². The van der Waals surface area contributed by atoms with Gasteiger partial charge in [-0.2, -0.15) is 0 Å². The SMILES string of the molecule is CCCC/C=C\C/C=C\CCCCCCCC(=O)NC(COC1OC(CO)C(OC2OC(CO)C(OC3OC(CO)C(O)C(O)C3O)C(O)C2O)C(O)C1O)C(O)CCCCCCCCCCCCCCCCCCCCCCCCC. The van der Waals surface area contributed by atoms with Crippen LogP contribution < -0.4 is 5.32 Å². The summed E-state index contributed by atoms with van der Waals surface area (Å²) in [6.45, 7) is 1.75. The molecule has 0 aromatic rings. The van der Waals surface area contributed by atoms with Crippen molar-refractivity contribution in [2.24, 2.45) is 0 Å². The van der Waals surface area contributed by atoms with Crippen LogP contribution in [0.1, 0.15) is 239 Å². The third-order valence-corrected chi connectivity index (χ3v) is 16.5. The Morgan fingerprint density at radius 1 is 0.439 bits per heavy atom. The molecule has 0 aromatic carbocycles. The fourth-order valence-electron chi connectivity index (χ4n) is 11.2. The molecule has 3 fully saturated rings. The van der Waals surface area contributed by atoms with Gasteiger partial charge in [0.15, 0.2) is 18.9 Å². The van der Waals surface area contributed by atoms with Gasteiger partial charge in [-0.1, -0.05) is 218 Å². The van der Waals surface area contributed by atoms with E-state index in [1.54, 1.807) is 0 Å². The lowest BCUT2D eigenvalue weighted by Gasteiger charge is -2.48. The molecule has 0 spiro atoms. The smallest absolute Gasteiger partial charge is 0.220 e. The van der Waals surface area contributed by atoms with Crippen molar-refractivity contribution in [2.75, 3.05) is 26.4 Å². The number of carbonyl (C=O) groups excluding carboxylic acids is 1. The van der Waals surface area contributed by atoms with Crippen molar-refractivity contribution in [3.63, 3.8) is 0 Å². The van der Waals surface area contributed by atoms with E-state index in [0.717, 1.165) is 70.6 Å². The number of unbranched alkanes of at least 4 members (excludes halogenated alkanes) is 29. The standard InChI is InChI=1S/C63H117NO18/c1-3-5-7-9-11-13-15-17-19-20-21-22-23-24-25-26-27-28-30-32-34-36-38-40-47(68)46(64-51(69)41-39-37-35-33-31-29-18-16-14-12-10-8-6-4-2)45-77-61-57(75)54(72)59(49(43-66)79-61)82-63-58(76)55(73)60(50(44-67)80-63)81-62-56(74)53(71)52(70)48(42-65)78-62/h10,12,16,18,46-50,52-63,65-68,70-76H,3-9,11,13-15,17,19-45H2,1-2H3,(H,64,69)/b12-10-,18-16-. The van der Waals surface area contributed by atoms with Gasteiger partial charge in [0.1, 0.15) is 73.2 Å². The van der Waals surface area contributed by atoms with E-state index in [1.165, 1.54) is 135 Å². The first-order chi connectivity index (χ1) is 39.8. The second-order valence-corrected chi connectivity index (χ2v) is 23.6. The summed E-state index contributed by atoms with van der Waals surface area (Å²) < 4.78 is 34.3. The van der Waals surface area contributed by atoms with E-state index < -0.39 is 124 Å². The Morgan fingerprint density at radius 2 is 0.817 bits per heavy atom. The minimum Gasteiger partial charge on any atom is -0.394 e. The van der Waals surface area contributed by atoms with Gasteiger partial charge < -0.3 is 89.9 Å². The minimum absolute atomic E-state index is 0.251. The van der Waals surface area contributed by atoms with Crippen LogP contribution in [-0.2, 0) is 33.2 Å². The zero-order valence-corrected chi connectivity index (χ0v) is 50.5. The molecule has 17 atom stereocenters. The van der Waals surface area contributed by atoms with Crippen LogP contribution in [0.3, 0.4) is 0 Å². The Bertz CT molecular complexity index is 1590. The summed E-state index contributed by atoms with van der Waals surface area (Å²) >= 11 is 0. The van der Waals surface area contributed by atoms with Crippen LogP contribution in [-0.4, -0.2) is 193 Å². The van der Waals surface area contributed by atoms with Crippen LogP contribution in [0.2, 0.25) is 0 Å². The predicted molar refractivity (Wildman–Crippen MR) is 314 cm³/mol. The van der Waals surface area contributed by atoms with Gasteiger partial charge in [-0.25, -0.2) is 0 Å². The highest BCUT2D eigenvalue weighted by Crippen LogP contribution is 2.33. The number of aliphatic hydroxyl groups is 11. The molecule has 0 bridgehead atoms. The Kier molecular flexibility index (Phi) is 42.2. The van der Waals surface area contributed by atoms with Crippen LogP contribution in [0.4, 0.5) is 0 Å². The molecule has 3 heterocycles. The zero-order valence-electron chi connectivity index (χ0n) is 50.5. The first-order valence-corrected chi connectivity index (χ1v) is 32.6. The summed E-state index contributed by atoms with van der Waals surface area (Å²) in [5.74, 6) is -0.256. The first kappa shape index (κ1) is 74.5. The van der Waals surface area contributed by atoms with Gasteiger partial charge in [-0.15, -0.1) is 0 Å². The number of allylic oxidation sites excluding steroid dienone is 4. The van der Waals surface area contributed by atoms with Crippen LogP contribution in [0.15, 0.2) is 24.3 Å². The number of carbonyl (C=O) groups is 1. The van der Waals surface area contributed by atoms with E-state index in [2.05, 4.69) is 43.5 Å². The van der Waals surface area contributed by atoms with Crippen LogP contribution in [0.5, 0.6) is 0 Å². The lowest BCUT2D eigenvalue weighted by molar-refractivity contribution is -0.379. The molecule has 0 radical (unpaired) electrons. The fourth-order valence-corrected chi connectivity index (χ4v) is 11.2. The normalized spacial score (nSPS) is 29.7. The van der Waals surface area contributed by atoms with Crippen molar-refractivity contribution in [2.45, 2.75) is 343 Å². The Labute approximate surface area is 492 Å². The molecule has 17 unspecified atom stereocenters. The molecule has 3 aliphatic rings. The number of rotatable bonds is 49. The van der Waals surface area contributed by atoms with Crippen LogP contribution >= 0.6 is 0 Å². The van der Waals surface area contributed by atoms with Gasteiger partial charge in [0, 0.05) is 6.42 Å². The highest BCUT2D eigenvalue weighted by molar-refractivity contribution is 5.76. The predicted octanol–water partition coefficient (Wildman–Crippen LogP) is 7.10. The number of hydrogen-bond acceptors (Lipinski definition) is 18. The maximum atomic E-state index is 13.3. The molecule has 82 heavy (non-hydrogen) atoms. The largest absolute Gasteiger partial charge is 0.394 e. The molecular weight excluding hydrogens is 1060 g/mol. The monoisotopic (exact) mass is 1180 g/mol. The van der Waals surface area contributed by atoms with Gasteiger partial charge >= 0.3 is 0 Å². The number of hydrogen-bond donors (Lipinski definition) is 12. The molecule has 0 aromatic heterocycles. The second kappa shape index (κ2) is 46.4. The van der Waals surface area contributed by atoms with Crippen LogP contribution in [0.25, 0.3) is 0 Å². The zero-order chi connectivity index (χ0) is 59.7. The maximum Gasteiger partial charge on any atom is 0.220 e. The third kappa shape index (κ3) is 29.3. The van der Waals surface area contributed by atoms with Crippen molar-refractivity contribution in [1.29, 1.82) is 0 Å². The van der Waals surface area contributed by atoms with Crippen molar-refractivity contribution in [1.82, 2.24) is 5.32 Å². The van der Waals surface area contributed by atoms with Crippen LogP contribution in [0, 0.1) is 0 Å². The molecular formula is C63H117NO18. The summed E-state index contributed by atoms with van der Waals surface area (Å²) in [4.78, 5) is 13.3. The van der Waals surface area contributed by atoms with E-state index in [0.29, 0.717) is 12.8 Å². The average molecular weight is 1180 g/mol. The molecule has 0 aliphatic carbocycles. The quantitative estimate of drug-likeness (QED) is 0.0213. The Balaban J connectivity index is 1.45. The number of amides is 1. The summed E-state index contributed by atoms with van der Waals surface area (Å²) in [6.07, 6.45) is 22.6. The Morgan fingerprint density at radius 3 is 1.28 bits per heavy atom. The molecule has 3 saturated heterocycles. The summed E-state index contributed by atoms with van der Waals surface area (Å²) in [7, 11) is 0. The molecule has 3 rings (SSSR count). The summed E-state index contributed by atoms with van der Waals surface area (Å²) in [5.41, 5.74) is 0. The number of nitrogens with one attached hydrogen (secondary N) is 1. The van der Waals surface area contributed by atoms with Gasteiger partial charge in [0.25, 0.3) is 0 Å². The molecule has 482 valence electrons.